The number of rotatable bonds is 8. The molecule has 12 heteroatoms. The minimum atomic E-state index is -0.388. The standard InChI is InChI=1S/C21H21N5O5S2/c1-5-30-20(27)16-10(2)15-17(22)23-14(24-19(15)33-16)9-32-21-26-25-18(31-21)11-6-12(28-3)8-13(7-11)29-4/h6-8H,5,9H2,1-4H3,(H2,22,23,24). The average Bonchev–Trinajstić information content (AvgIpc) is 3.42. The summed E-state index contributed by atoms with van der Waals surface area (Å²) in [5.74, 6) is 2.33. The Bertz CT molecular complexity index is 1300. The van der Waals surface area contributed by atoms with Gasteiger partial charge >= 0.3 is 5.97 Å². The highest BCUT2D eigenvalue weighted by atomic mass is 32.2. The molecule has 172 valence electrons. The zero-order valence-electron chi connectivity index (χ0n) is 18.4. The Morgan fingerprint density at radius 1 is 1.15 bits per heavy atom. The molecule has 1 aromatic carbocycles. The summed E-state index contributed by atoms with van der Waals surface area (Å²) in [5, 5.41) is 9.21. The monoisotopic (exact) mass is 487 g/mol. The van der Waals surface area contributed by atoms with Gasteiger partial charge in [-0.25, -0.2) is 14.8 Å². The normalized spacial score (nSPS) is 11.0. The van der Waals surface area contributed by atoms with Gasteiger partial charge in [-0.05, 0) is 31.5 Å². The maximum absolute atomic E-state index is 12.2. The van der Waals surface area contributed by atoms with Gasteiger partial charge in [0.2, 0.25) is 5.89 Å². The molecule has 0 fully saturated rings. The van der Waals surface area contributed by atoms with Crippen LogP contribution < -0.4 is 15.2 Å². The molecular formula is C21H21N5O5S2. The van der Waals surface area contributed by atoms with Gasteiger partial charge in [-0.3, -0.25) is 0 Å². The van der Waals surface area contributed by atoms with Crippen LogP contribution in [0, 0.1) is 6.92 Å². The molecular weight excluding hydrogens is 466 g/mol. The molecule has 0 saturated carbocycles. The molecule has 0 aliphatic rings. The predicted molar refractivity (Wildman–Crippen MR) is 125 cm³/mol. The maximum Gasteiger partial charge on any atom is 0.348 e. The van der Waals surface area contributed by atoms with Crippen LogP contribution in [0.25, 0.3) is 21.7 Å². The van der Waals surface area contributed by atoms with Crippen molar-refractivity contribution in [1.29, 1.82) is 0 Å². The molecule has 0 amide bonds. The lowest BCUT2D eigenvalue weighted by Gasteiger charge is -2.05. The Kier molecular flexibility index (Phi) is 6.65. The lowest BCUT2D eigenvalue weighted by Crippen LogP contribution is -2.03. The average molecular weight is 488 g/mol. The largest absolute Gasteiger partial charge is 0.497 e. The summed E-state index contributed by atoms with van der Waals surface area (Å²) in [5.41, 5.74) is 7.56. The molecule has 0 spiro atoms. The number of nitrogen functional groups attached to an aromatic ring is 1. The molecule has 0 radical (unpaired) electrons. The zero-order valence-corrected chi connectivity index (χ0v) is 20.0. The van der Waals surface area contributed by atoms with Crippen molar-refractivity contribution in [2.75, 3.05) is 26.6 Å². The van der Waals surface area contributed by atoms with Gasteiger partial charge in [0.05, 0.1) is 32.0 Å². The number of nitrogens with zero attached hydrogens (tertiary/aromatic N) is 4. The van der Waals surface area contributed by atoms with Crippen LogP contribution in [0.3, 0.4) is 0 Å². The topological polar surface area (TPSA) is 135 Å². The van der Waals surface area contributed by atoms with Crippen molar-refractivity contribution in [2.24, 2.45) is 0 Å². The number of thioether (sulfide) groups is 1. The van der Waals surface area contributed by atoms with Crippen LogP contribution >= 0.6 is 23.1 Å². The van der Waals surface area contributed by atoms with Gasteiger partial charge in [0.1, 0.15) is 32.8 Å². The number of aromatic nitrogens is 4. The summed E-state index contributed by atoms with van der Waals surface area (Å²) in [6.45, 7) is 3.87. The molecule has 10 nitrogen and oxygen atoms in total. The number of ether oxygens (including phenoxy) is 3. The van der Waals surface area contributed by atoms with E-state index in [-0.39, 0.29) is 5.97 Å². The third kappa shape index (κ3) is 4.71. The number of anilines is 1. The molecule has 3 heterocycles. The summed E-state index contributed by atoms with van der Waals surface area (Å²) in [4.78, 5) is 22.3. The van der Waals surface area contributed by atoms with Crippen molar-refractivity contribution < 1.29 is 23.4 Å². The minimum Gasteiger partial charge on any atom is -0.497 e. The molecule has 0 unspecified atom stereocenters. The van der Waals surface area contributed by atoms with Crippen molar-refractivity contribution in [1.82, 2.24) is 20.2 Å². The van der Waals surface area contributed by atoms with Crippen molar-refractivity contribution >= 4 is 45.1 Å². The fraction of sp³-hybridized carbons (Fsp3) is 0.286. The summed E-state index contributed by atoms with van der Waals surface area (Å²) in [6, 6.07) is 5.32. The minimum absolute atomic E-state index is 0.296. The van der Waals surface area contributed by atoms with E-state index in [9.17, 15) is 4.79 Å². The van der Waals surface area contributed by atoms with Crippen LogP contribution in [-0.2, 0) is 10.5 Å². The van der Waals surface area contributed by atoms with Gasteiger partial charge < -0.3 is 24.4 Å². The second-order valence-corrected chi connectivity index (χ2v) is 8.67. The molecule has 0 atom stereocenters. The number of hydrogen-bond acceptors (Lipinski definition) is 12. The van der Waals surface area contributed by atoms with E-state index in [0.29, 0.717) is 67.3 Å². The number of fused-ring (bicyclic) bond motifs is 1. The summed E-state index contributed by atoms with van der Waals surface area (Å²) < 4.78 is 21.5. The van der Waals surface area contributed by atoms with Crippen LogP contribution in [0.1, 0.15) is 28.0 Å². The highest BCUT2D eigenvalue weighted by molar-refractivity contribution is 7.98. The smallest absolute Gasteiger partial charge is 0.348 e. The van der Waals surface area contributed by atoms with Gasteiger partial charge in [0, 0.05) is 11.6 Å². The number of benzene rings is 1. The van der Waals surface area contributed by atoms with E-state index in [1.807, 2.05) is 6.92 Å². The summed E-state index contributed by atoms with van der Waals surface area (Å²) in [7, 11) is 3.14. The first-order valence-corrected chi connectivity index (χ1v) is 11.7. The number of nitrogens with two attached hydrogens (primary N) is 1. The predicted octanol–water partition coefficient (Wildman–Crippen LogP) is 4.12. The van der Waals surface area contributed by atoms with Gasteiger partial charge in [-0.2, -0.15) is 0 Å². The maximum atomic E-state index is 12.2. The molecule has 0 saturated heterocycles. The van der Waals surface area contributed by atoms with Crippen molar-refractivity contribution in [3.05, 3.63) is 34.5 Å². The number of carbonyl (C=O) groups excluding carboxylic acids is 1. The molecule has 2 N–H and O–H groups in total. The number of thiophene rings is 1. The Morgan fingerprint density at radius 3 is 2.55 bits per heavy atom. The van der Waals surface area contributed by atoms with Gasteiger partial charge in [0.25, 0.3) is 5.22 Å². The molecule has 33 heavy (non-hydrogen) atoms. The number of carbonyl (C=O) groups is 1. The third-order valence-electron chi connectivity index (χ3n) is 4.65. The van der Waals surface area contributed by atoms with Gasteiger partial charge in [-0.1, -0.05) is 11.8 Å². The zero-order chi connectivity index (χ0) is 23.5. The number of hydrogen-bond donors (Lipinski definition) is 1. The van der Waals surface area contributed by atoms with E-state index in [4.69, 9.17) is 24.4 Å². The molecule has 0 aliphatic heterocycles. The Labute approximate surface area is 197 Å². The second kappa shape index (κ2) is 9.63. The van der Waals surface area contributed by atoms with Gasteiger partial charge in [0.15, 0.2) is 0 Å². The Morgan fingerprint density at radius 2 is 1.88 bits per heavy atom. The van der Waals surface area contributed by atoms with Crippen LogP contribution in [0.15, 0.2) is 27.8 Å². The van der Waals surface area contributed by atoms with Crippen LogP contribution in [0.2, 0.25) is 0 Å². The SMILES string of the molecule is CCOC(=O)c1sc2nc(CSc3nnc(-c4cc(OC)cc(OC)c4)o3)nc(N)c2c1C. The van der Waals surface area contributed by atoms with Crippen LogP contribution in [0.4, 0.5) is 5.82 Å². The van der Waals surface area contributed by atoms with E-state index in [1.165, 1.54) is 23.1 Å². The molecule has 4 rings (SSSR count). The first kappa shape index (κ1) is 22.8. The van der Waals surface area contributed by atoms with Gasteiger partial charge in [-0.15, -0.1) is 21.5 Å². The third-order valence-corrected chi connectivity index (χ3v) is 6.64. The first-order valence-electron chi connectivity index (χ1n) is 9.85. The Hall–Kier alpha value is -3.38. The van der Waals surface area contributed by atoms with E-state index < -0.39 is 0 Å². The van der Waals surface area contributed by atoms with E-state index in [2.05, 4.69) is 20.2 Å². The molecule has 4 aromatic rings. The van der Waals surface area contributed by atoms with Crippen molar-refractivity contribution in [3.63, 3.8) is 0 Å². The number of esters is 1. The highest BCUT2D eigenvalue weighted by Crippen LogP contribution is 2.35. The quantitative estimate of drug-likeness (QED) is 0.284. The number of aryl methyl sites for hydroxylation is 1. The lowest BCUT2D eigenvalue weighted by molar-refractivity contribution is 0.0531. The second-order valence-electron chi connectivity index (χ2n) is 6.75. The van der Waals surface area contributed by atoms with Crippen molar-refractivity contribution in [3.8, 4) is 23.0 Å². The van der Waals surface area contributed by atoms with Crippen molar-refractivity contribution in [2.45, 2.75) is 24.8 Å². The fourth-order valence-electron chi connectivity index (χ4n) is 3.11. The van der Waals surface area contributed by atoms with Crippen LogP contribution in [-0.4, -0.2) is 47.0 Å². The first-order chi connectivity index (χ1) is 15.9. The molecule has 0 bridgehead atoms. The van der Waals surface area contributed by atoms with E-state index in [0.717, 1.165) is 5.56 Å². The summed E-state index contributed by atoms with van der Waals surface area (Å²) >= 11 is 2.52. The lowest BCUT2D eigenvalue weighted by atomic mass is 10.2. The molecule has 3 aromatic heterocycles. The Balaban J connectivity index is 1.54. The highest BCUT2D eigenvalue weighted by Gasteiger charge is 2.21. The molecule has 0 aliphatic carbocycles. The van der Waals surface area contributed by atoms with Crippen LogP contribution in [0.5, 0.6) is 11.5 Å². The van der Waals surface area contributed by atoms with E-state index in [1.54, 1.807) is 39.3 Å². The summed E-state index contributed by atoms with van der Waals surface area (Å²) in [6.07, 6.45) is 0. The fourth-order valence-corrected chi connectivity index (χ4v) is 4.83. The van der Waals surface area contributed by atoms with E-state index >= 15 is 0 Å². The number of methoxy groups -OCH3 is 2.